The van der Waals surface area contributed by atoms with Crippen LogP contribution < -0.4 is 10.6 Å². The van der Waals surface area contributed by atoms with Crippen LogP contribution in [-0.2, 0) is 6.54 Å². The second-order valence-corrected chi connectivity index (χ2v) is 4.75. The summed E-state index contributed by atoms with van der Waals surface area (Å²) >= 11 is 0. The molecule has 1 heterocycles. The fraction of sp³-hybridized carbons (Fsp3) is 0.400. The quantitative estimate of drug-likeness (QED) is 0.895. The molecule has 0 fully saturated rings. The molecule has 0 aliphatic rings. The van der Waals surface area contributed by atoms with E-state index in [1.807, 2.05) is 12.5 Å². The van der Waals surface area contributed by atoms with Crippen LogP contribution in [-0.4, -0.2) is 23.1 Å². The van der Waals surface area contributed by atoms with Crippen LogP contribution in [0.5, 0.6) is 0 Å². The smallest absolute Gasteiger partial charge is 0.0948 e. The maximum atomic E-state index is 5.99. The van der Waals surface area contributed by atoms with Gasteiger partial charge in [-0.3, -0.25) is 0 Å². The number of hydrogen-bond donors (Lipinski definition) is 1. The molecule has 0 aliphatic carbocycles. The van der Waals surface area contributed by atoms with E-state index in [1.165, 1.54) is 11.3 Å². The standard InChI is InChI=1S/C15H22N4/c1-4-19-11-17-10-15(19)14(9-16)18(3)13-8-6-5-7-12(13)2/h5-8,10-11,14H,4,9,16H2,1-3H3. The maximum Gasteiger partial charge on any atom is 0.0948 e. The Hall–Kier alpha value is -1.81. The van der Waals surface area contributed by atoms with E-state index in [1.54, 1.807) is 0 Å². The van der Waals surface area contributed by atoms with Gasteiger partial charge in [0.25, 0.3) is 0 Å². The number of aryl methyl sites for hydroxylation is 2. The molecule has 1 aromatic carbocycles. The second kappa shape index (κ2) is 5.89. The first-order chi connectivity index (χ1) is 9.19. The van der Waals surface area contributed by atoms with Crippen molar-refractivity contribution in [1.82, 2.24) is 9.55 Å². The van der Waals surface area contributed by atoms with Gasteiger partial charge in [-0.25, -0.2) is 4.98 Å². The van der Waals surface area contributed by atoms with E-state index in [2.05, 4.69) is 59.6 Å². The second-order valence-electron chi connectivity index (χ2n) is 4.75. The summed E-state index contributed by atoms with van der Waals surface area (Å²) in [5.41, 5.74) is 9.62. The Bertz CT molecular complexity index is 532. The fourth-order valence-corrected chi connectivity index (χ4v) is 2.48. The van der Waals surface area contributed by atoms with E-state index in [4.69, 9.17) is 5.73 Å². The highest BCUT2D eigenvalue weighted by atomic mass is 15.2. The number of aromatic nitrogens is 2. The highest BCUT2D eigenvalue weighted by Gasteiger charge is 2.20. The maximum absolute atomic E-state index is 5.99. The van der Waals surface area contributed by atoms with Crippen LogP contribution in [0.4, 0.5) is 5.69 Å². The van der Waals surface area contributed by atoms with Gasteiger partial charge in [-0.1, -0.05) is 18.2 Å². The average molecular weight is 258 g/mol. The Morgan fingerprint density at radius 1 is 1.37 bits per heavy atom. The number of nitrogens with two attached hydrogens (primary N) is 1. The summed E-state index contributed by atoms with van der Waals surface area (Å²) < 4.78 is 2.15. The van der Waals surface area contributed by atoms with Crippen LogP contribution in [0, 0.1) is 6.92 Å². The number of rotatable bonds is 5. The van der Waals surface area contributed by atoms with Crippen LogP contribution in [0.2, 0.25) is 0 Å². The minimum absolute atomic E-state index is 0.142. The van der Waals surface area contributed by atoms with E-state index in [9.17, 15) is 0 Å². The molecule has 0 aliphatic heterocycles. The van der Waals surface area contributed by atoms with Gasteiger partial charge >= 0.3 is 0 Å². The molecule has 0 bridgehead atoms. The van der Waals surface area contributed by atoms with Crippen molar-refractivity contribution in [3.8, 4) is 0 Å². The lowest BCUT2D eigenvalue weighted by atomic mass is 10.1. The summed E-state index contributed by atoms with van der Waals surface area (Å²) in [6.07, 6.45) is 3.78. The van der Waals surface area contributed by atoms with Gasteiger partial charge in [0.15, 0.2) is 0 Å². The molecule has 4 nitrogen and oxygen atoms in total. The van der Waals surface area contributed by atoms with Crippen molar-refractivity contribution >= 4 is 5.69 Å². The SMILES string of the molecule is CCn1cncc1C(CN)N(C)c1ccccc1C. The van der Waals surface area contributed by atoms with E-state index in [0.29, 0.717) is 6.54 Å². The van der Waals surface area contributed by atoms with Crippen molar-refractivity contribution in [2.75, 3.05) is 18.5 Å². The minimum Gasteiger partial charge on any atom is -0.364 e. The van der Waals surface area contributed by atoms with Crippen LogP contribution in [0.3, 0.4) is 0 Å². The summed E-state index contributed by atoms with van der Waals surface area (Å²) in [4.78, 5) is 6.48. The molecule has 0 radical (unpaired) electrons. The summed E-state index contributed by atoms with van der Waals surface area (Å²) in [7, 11) is 2.09. The third-order valence-electron chi connectivity index (χ3n) is 3.61. The van der Waals surface area contributed by atoms with Gasteiger partial charge in [0, 0.05) is 25.8 Å². The van der Waals surface area contributed by atoms with Crippen LogP contribution in [0.1, 0.15) is 24.2 Å². The number of imidazole rings is 1. The van der Waals surface area contributed by atoms with Gasteiger partial charge in [0.05, 0.1) is 24.3 Å². The summed E-state index contributed by atoms with van der Waals surface area (Å²) in [5.74, 6) is 0. The third-order valence-corrected chi connectivity index (χ3v) is 3.61. The topological polar surface area (TPSA) is 47.1 Å². The summed E-state index contributed by atoms with van der Waals surface area (Å²) in [5, 5.41) is 0. The van der Waals surface area contributed by atoms with E-state index >= 15 is 0 Å². The zero-order valence-corrected chi connectivity index (χ0v) is 11.9. The van der Waals surface area contributed by atoms with Crippen molar-refractivity contribution in [2.45, 2.75) is 26.4 Å². The number of benzene rings is 1. The van der Waals surface area contributed by atoms with Gasteiger partial charge in [0.1, 0.15) is 0 Å². The van der Waals surface area contributed by atoms with Crippen LogP contribution in [0.15, 0.2) is 36.8 Å². The lowest BCUT2D eigenvalue weighted by Crippen LogP contribution is -2.32. The van der Waals surface area contributed by atoms with Crippen molar-refractivity contribution in [3.05, 3.63) is 48.0 Å². The molecular weight excluding hydrogens is 236 g/mol. The molecule has 2 rings (SSSR count). The zero-order valence-electron chi connectivity index (χ0n) is 11.9. The molecule has 0 saturated heterocycles. The number of anilines is 1. The first kappa shape index (κ1) is 13.6. The highest BCUT2D eigenvalue weighted by Crippen LogP contribution is 2.27. The Balaban J connectivity index is 2.35. The Labute approximate surface area is 114 Å². The monoisotopic (exact) mass is 258 g/mol. The zero-order chi connectivity index (χ0) is 13.8. The van der Waals surface area contributed by atoms with Gasteiger partial charge in [-0.15, -0.1) is 0 Å². The molecule has 4 heteroatoms. The van der Waals surface area contributed by atoms with Crippen LogP contribution >= 0.6 is 0 Å². The minimum atomic E-state index is 0.142. The molecule has 0 spiro atoms. The first-order valence-corrected chi connectivity index (χ1v) is 6.67. The number of likely N-dealkylation sites (N-methyl/N-ethyl adjacent to an activating group) is 1. The predicted octanol–water partition coefficient (Wildman–Crippen LogP) is 2.35. The van der Waals surface area contributed by atoms with E-state index in [-0.39, 0.29) is 6.04 Å². The van der Waals surface area contributed by atoms with Gasteiger partial charge in [-0.05, 0) is 25.5 Å². The lowest BCUT2D eigenvalue weighted by Gasteiger charge is -2.30. The molecule has 19 heavy (non-hydrogen) atoms. The number of hydrogen-bond acceptors (Lipinski definition) is 3. The molecule has 2 aromatic rings. The first-order valence-electron chi connectivity index (χ1n) is 6.67. The van der Waals surface area contributed by atoms with Crippen molar-refractivity contribution in [1.29, 1.82) is 0 Å². The largest absolute Gasteiger partial charge is 0.364 e. The average Bonchev–Trinajstić information content (AvgIpc) is 2.88. The lowest BCUT2D eigenvalue weighted by molar-refractivity contribution is 0.601. The van der Waals surface area contributed by atoms with E-state index < -0.39 is 0 Å². The fourth-order valence-electron chi connectivity index (χ4n) is 2.48. The Kier molecular flexibility index (Phi) is 4.22. The molecule has 2 N–H and O–H groups in total. The Morgan fingerprint density at radius 2 is 2.11 bits per heavy atom. The Morgan fingerprint density at radius 3 is 2.74 bits per heavy atom. The summed E-state index contributed by atoms with van der Waals surface area (Å²) in [6.45, 7) is 5.72. The van der Waals surface area contributed by atoms with Crippen molar-refractivity contribution in [3.63, 3.8) is 0 Å². The van der Waals surface area contributed by atoms with Gasteiger partial charge in [-0.2, -0.15) is 0 Å². The molecule has 1 aromatic heterocycles. The summed E-state index contributed by atoms with van der Waals surface area (Å²) in [6, 6.07) is 8.51. The normalized spacial score (nSPS) is 12.4. The van der Waals surface area contributed by atoms with Crippen molar-refractivity contribution < 1.29 is 0 Å². The number of para-hydroxylation sites is 1. The van der Waals surface area contributed by atoms with Crippen LogP contribution in [0.25, 0.3) is 0 Å². The molecule has 0 amide bonds. The molecule has 102 valence electrons. The third kappa shape index (κ3) is 2.63. The molecule has 1 unspecified atom stereocenters. The molecular formula is C15H22N4. The molecule has 1 atom stereocenters. The van der Waals surface area contributed by atoms with E-state index in [0.717, 1.165) is 12.2 Å². The van der Waals surface area contributed by atoms with Gasteiger partial charge < -0.3 is 15.2 Å². The van der Waals surface area contributed by atoms with Gasteiger partial charge in [0.2, 0.25) is 0 Å². The number of nitrogens with zero attached hydrogens (tertiary/aromatic N) is 3. The molecule has 0 saturated carbocycles. The predicted molar refractivity (Wildman–Crippen MR) is 79.3 cm³/mol. The van der Waals surface area contributed by atoms with Crippen molar-refractivity contribution in [2.24, 2.45) is 5.73 Å². The highest BCUT2D eigenvalue weighted by molar-refractivity contribution is 5.53.